The third kappa shape index (κ3) is 3.21. The van der Waals surface area contributed by atoms with Crippen LogP contribution in [0.2, 0.25) is 0 Å². The molecule has 0 N–H and O–H groups in total. The summed E-state index contributed by atoms with van der Waals surface area (Å²) in [5.41, 5.74) is 0.177. The standard InChI is InChI=1S/C21H13F3N6O/c1-31-14-9-5-8-13(10-14)19-26-18-17(20-27-28-29-30(19)20)15(21(22,23)24)11-16(25-18)12-6-3-2-4-7-12/h2-11H,1H3. The van der Waals surface area contributed by atoms with E-state index in [0.717, 1.165) is 6.07 Å². The number of fused-ring (bicyclic) bond motifs is 3. The fraction of sp³-hybridized carbons (Fsp3) is 0.0952. The van der Waals surface area contributed by atoms with Gasteiger partial charge in [-0.3, -0.25) is 0 Å². The zero-order chi connectivity index (χ0) is 21.6. The van der Waals surface area contributed by atoms with Gasteiger partial charge in [0.15, 0.2) is 17.1 Å². The van der Waals surface area contributed by atoms with Crippen molar-refractivity contribution in [3.8, 4) is 28.4 Å². The summed E-state index contributed by atoms with van der Waals surface area (Å²) in [5.74, 6) is 0.805. The number of methoxy groups -OCH3 is 1. The summed E-state index contributed by atoms with van der Waals surface area (Å²) in [6.45, 7) is 0. The molecular formula is C21H13F3N6O. The van der Waals surface area contributed by atoms with Crippen molar-refractivity contribution in [2.24, 2.45) is 0 Å². The van der Waals surface area contributed by atoms with Gasteiger partial charge in [0.05, 0.1) is 23.8 Å². The molecule has 7 nitrogen and oxygen atoms in total. The van der Waals surface area contributed by atoms with Gasteiger partial charge in [0.1, 0.15) is 5.75 Å². The molecule has 0 saturated heterocycles. The summed E-state index contributed by atoms with van der Waals surface area (Å²) in [5, 5.41) is 11.0. The zero-order valence-electron chi connectivity index (χ0n) is 16.0. The highest BCUT2D eigenvalue weighted by Crippen LogP contribution is 2.38. The van der Waals surface area contributed by atoms with E-state index in [2.05, 4.69) is 25.5 Å². The highest BCUT2D eigenvalue weighted by molar-refractivity contribution is 5.95. The Balaban J connectivity index is 1.88. The number of rotatable bonds is 3. The fourth-order valence-corrected chi connectivity index (χ4v) is 3.40. The van der Waals surface area contributed by atoms with Crippen LogP contribution in [0.15, 0.2) is 60.7 Å². The quantitative estimate of drug-likeness (QED) is 0.428. The lowest BCUT2D eigenvalue weighted by Gasteiger charge is -2.14. The molecule has 2 aromatic carbocycles. The van der Waals surface area contributed by atoms with Crippen molar-refractivity contribution >= 4 is 16.7 Å². The molecule has 31 heavy (non-hydrogen) atoms. The molecule has 154 valence electrons. The summed E-state index contributed by atoms with van der Waals surface area (Å²) in [6.07, 6.45) is -4.66. The average molecular weight is 422 g/mol. The van der Waals surface area contributed by atoms with Crippen LogP contribution in [-0.2, 0) is 6.18 Å². The van der Waals surface area contributed by atoms with Crippen LogP contribution in [0.4, 0.5) is 13.2 Å². The fourth-order valence-electron chi connectivity index (χ4n) is 3.40. The van der Waals surface area contributed by atoms with E-state index < -0.39 is 11.7 Å². The third-order valence-corrected chi connectivity index (χ3v) is 4.81. The molecule has 0 amide bonds. The predicted molar refractivity (Wildman–Crippen MR) is 106 cm³/mol. The largest absolute Gasteiger partial charge is 0.497 e. The number of halogens is 3. The van der Waals surface area contributed by atoms with E-state index in [1.165, 1.54) is 11.6 Å². The predicted octanol–water partition coefficient (Wildman–Crippen LogP) is 4.43. The van der Waals surface area contributed by atoms with Gasteiger partial charge in [-0.05, 0) is 28.6 Å². The van der Waals surface area contributed by atoms with Gasteiger partial charge in [-0.25, -0.2) is 9.97 Å². The number of alkyl halides is 3. The maximum absolute atomic E-state index is 14.0. The topological polar surface area (TPSA) is 78.1 Å². The molecule has 0 aliphatic heterocycles. The summed E-state index contributed by atoms with van der Waals surface area (Å²) in [4.78, 5) is 8.86. The maximum Gasteiger partial charge on any atom is 0.417 e. The lowest BCUT2D eigenvalue weighted by Crippen LogP contribution is -2.10. The Hall–Kier alpha value is -4.08. The van der Waals surface area contributed by atoms with Gasteiger partial charge in [0, 0.05) is 11.1 Å². The number of hydrogen-bond donors (Lipinski definition) is 0. The van der Waals surface area contributed by atoms with E-state index in [1.807, 2.05) is 0 Å². The zero-order valence-corrected chi connectivity index (χ0v) is 16.0. The van der Waals surface area contributed by atoms with Crippen molar-refractivity contribution in [2.45, 2.75) is 6.18 Å². The molecule has 0 aliphatic rings. The van der Waals surface area contributed by atoms with Crippen LogP contribution in [0.1, 0.15) is 5.56 Å². The molecule has 3 heterocycles. The number of tetrazole rings is 1. The Morgan fingerprint density at radius 1 is 0.903 bits per heavy atom. The van der Waals surface area contributed by atoms with Gasteiger partial charge in [-0.15, -0.1) is 5.10 Å². The van der Waals surface area contributed by atoms with Gasteiger partial charge in [0.25, 0.3) is 0 Å². The molecule has 3 aromatic heterocycles. The minimum atomic E-state index is -4.66. The molecule has 0 fully saturated rings. The first-order valence-electron chi connectivity index (χ1n) is 9.15. The number of aromatic nitrogens is 6. The first-order valence-corrected chi connectivity index (χ1v) is 9.15. The Labute approximate surface area is 173 Å². The second-order valence-electron chi connectivity index (χ2n) is 6.70. The van der Waals surface area contributed by atoms with Crippen LogP contribution >= 0.6 is 0 Å². The van der Waals surface area contributed by atoms with Crippen LogP contribution < -0.4 is 4.74 Å². The van der Waals surface area contributed by atoms with Crippen LogP contribution in [0.3, 0.4) is 0 Å². The van der Waals surface area contributed by atoms with Crippen molar-refractivity contribution in [3.63, 3.8) is 0 Å². The highest BCUT2D eigenvalue weighted by Gasteiger charge is 2.36. The lowest BCUT2D eigenvalue weighted by molar-refractivity contribution is -0.136. The van der Waals surface area contributed by atoms with Crippen LogP contribution in [-0.4, -0.2) is 37.1 Å². The molecule has 0 spiro atoms. The lowest BCUT2D eigenvalue weighted by atomic mass is 10.1. The Morgan fingerprint density at radius 2 is 1.68 bits per heavy atom. The van der Waals surface area contributed by atoms with E-state index in [0.29, 0.717) is 16.9 Å². The number of nitrogens with zero attached hydrogens (tertiary/aromatic N) is 6. The molecule has 5 aromatic rings. The summed E-state index contributed by atoms with van der Waals surface area (Å²) in [6, 6.07) is 16.5. The number of benzene rings is 2. The number of ether oxygens (including phenoxy) is 1. The number of hydrogen-bond acceptors (Lipinski definition) is 6. The Morgan fingerprint density at radius 3 is 2.42 bits per heavy atom. The van der Waals surface area contributed by atoms with Crippen molar-refractivity contribution in [3.05, 3.63) is 66.2 Å². The summed E-state index contributed by atoms with van der Waals surface area (Å²) < 4.78 is 48.5. The Bertz CT molecular complexity index is 1420. The molecule has 0 atom stereocenters. The Kier molecular flexibility index (Phi) is 4.28. The molecular weight excluding hydrogens is 409 g/mol. The molecule has 0 aliphatic carbocycles. The van der Waals surface area contributed by atoms with E-state index in [-0.39, 0.29) is 28.2 Å². The van der Waals surface area contributed by atoms with Crippen LogP contribution in [0.5, 0.6) is 5.75 Å². The molecule has 10 heteroatoms. The van der Waals surface area contributed by atoms with Gasteiger partial charge in [0.2, 0.25) is 0 Å². The van der Waals surface area contributed by atoms with Gasteiger partial charge in [-0.2, -0.15) is 17.7 Å². The van der Waals surface area contributed by atoms with Gasteiger partial charge in [-0.1, -0.05) is 42.5 Å². The van der Waals surface area contributed by atoms with E-state index >= 15 is 0 Å². The van der Waals surface area contributed by atoms with Crippen LogP contribution in [0, 0.1) is 0 Å². The average Bonchev–Trinajstić information content (AvgIpc) is 3.28. The normalized spacial score (nSPS) is 11.9. The minimum Gasteiger partial charge on any atom is -0.497 e. The molecule has 0 bridgehead atoms. The maximum atomic E-state index is 14.0. The van der Waals surface area contributed by atoms with E-state index in [4.69, 9.17) is 4.74 Å². The van der Waals surface area contributed by atoms with Gasteiger partial charge >= 0.3 is 6.18 Å². The summed E-state index contributed by atoms with van der Waals surface area (Å²) >= 11 is 0. The first-order chi connectivity index (χ1) is 15.0. The van der Waals surface area contributed by atoms with E-state index in [1.54, 1.807) is 54.6 Å². The molecule has 0 saturated carbocycles. The second kappa shape index (κ2) is 7.01. The monoisotopic (exact) mass is 422 g/mol. The smallest absolute Gasteiger partial charge is 0.417 e. The molecule has 5 rings (SSSR count). The highest BCUT2D eigenvalue weighted by atomic mass is 19.4. The van der Waals surface area contributed by atoms with E-state index in [9.17, 15) is 13.2 Å². The number of pyridine rings is 1. The van der Waals surface area contributed by atoms with Crippen molar-refractivity contribution in [1.29, 1.82) is 0 Å². The second-order valence-corrected chi connectivity index (χ2v) is 6.70. The van der Waals surface area contributed by atoms with Crippen molar-refractivity contribution in [2.75, 3.05) is 7.11 Å². The van der Waals surface area contributed by atoms with Crippen LogP contribution in [0.25, 0.3) is 39.3 Å². The molecule has 0 unspecified atom stereocenters. The van der Waals surface area contributed by atoms with Gasteiger partial charge < -0.3 is 4.74 Å². The minimum absolute atomic E-state index is 0.0812. The van der Waals surface area contributed by atoms with Crippen molar-refractivity contribution < 1.29 is 17.9 Å². The molecule has 0 radical (unpaired) electrons. The third-order valence-electron chi connectivity index (χ3n) is 4.81. The SMILES string of the molecule is COc1cccc(-c2nc3nc(-c4ccccc4)cc(C(F)(F)F)c3c3nnnn23)c1. The first kappa shape index (κ1) is 18.9. The van der Waals surface area contributed by atoms with Crippen molar-refractivity contribution in [1.82, 2.24) is 30.0 Å². The summed E-state index contributed by atoms with van der Waals surface area (Å²) in [7, 11) is 1.52.